The molecule has 0 aromatic carbocycles. The van der Waals surface area contributed by atoms with Gasteiger partial charge in [0.25, 0.3) is 11.6 Å². The number of nitrogens with one attached hydrogen (secondary N) is 1. The van der Waals surface area contributed by atoms with Crippen LogP contribution >= 0.6 is 0 Å². The van der Waals surface area contributed by atoms with E-state index < -0.39 is 10.8 Å². The Balaban J connectivity index is 2.13. The number of anilines is 1. The van der Waals surface area contributed by atoms with E-state index in [4.69, 9.17) is 5.26 Å². The van der Waals surface area contributed by atoms with Crippen LogP contribution in [-0.2, 0) is 4.79 Å². The van der Waals surface area contributed by atoms with Gasteiger partial charge in [-0.1, -0.05) is 0 Å². The highest BCUT2D eigenvalue weighted by atomic mass is 16.6. The second-order valence-corrected chi connectivity index (χ2v) is 4.26. The number of hydrogen-bond acceptors (Lipinski definition) is 6. The van der Waals surface area contributed by atoms with Crippen molar-refractivity contribution in [3.8, 4) is 6.07 Å². The average Bonchev–Trinajstić information content (AvgIpc) is 3.24. The summed E-state index contributed by atoms with van der Waals surface area (Å²) in [5.74, 6) is -1.05. The number of hydrogen-bond donors (Lipinski definition) is 2. The lowest BCUT2D eigenvalue weighted by atomic mass is 10.2. The number of carbonyl (C=O) groups excluding carboxylic acids is 1. The lowest BCUT2D eigenvalue weighted by Gasteiger charge is -2.04. The van der Waals surface area contributed by atoms with Crippen molar-refractivity contribution in [3.05, 3.63) is 39.8 Å². The van der Waals surface area contributed by atoms with Crippen LogP contribution in [0.25, 0.3) is 0 Å². The summed E-state index contributed by atoms with van der Waals surface area (Å²) in [6.07, 6.45) is 2.49. The third-order valence-corrected chi connectivity index (χ3v) is 2.76. The summed E-state index contributed by atoms with van der Waals surface area (Å²) in [6, 6.07) is 4.08. The van der Waals surface area contributed by atoms with Crippen molar-refractivity contribution in [2.24, 2.45) is 5.92 Å². The van der Waals surface area contributed by atoms with E-state index in [0.29, 0.717) is 0 Å². The number of aliphatic hydroxyl groups is 1. The standard InChI is InChI=1S/C12H10N4O4/c13-5-9(11(17)7-1-2-7)12(18)15-10-4-3-8(6-14-10)16(19)20/h3-4,6-7,17H,1-2H2,(H,14,15,18). The van der Waals surface area contributed by atoms with E-state index in [0.717, 1.165) is 19.0 Å². The zero-order valence-corrected chi connectivity index (χ0v) is 10.2. The average molecular weight is 274 g/mol. The Morgan fingerprint density at radius 1 is 1.55 bits per heavy atom. The molecule has 1 fully saturated rings. The minimum Gasteiger partial charge on any atom is -0.510 e. The lowest BCUT2D eigenvalue weighted by Crippen LogP contribution is -2.16. The van der Waals surface area contributed by atoms with Crippen LogP contribution in [0.5, 0.6) is 0 Å². The molecule has 1 aliphatic carbocycles. The van der Waals surface area contributed by atoms with Crippen molar-refractivity contribution in [2.75, 3.05) is 5.32 Å². The molecule has 1 heterocycles. The zero-order valence-electron chi connectivity index (χ0n) is 10.2. The van der Waals surface area contributed by atoms with Gasteiger partial charge in [0, 0.05) is 12.0 Å². The molecular weight excluding hydrogens is 264 g/mol. The Morgan fingerprint density at radius 3 is 2.70 bits per heavy atom. The van der Waals surface area contributed by atoms with E-state index in [1.54, 1.807) is 6.07 Å². The predicted molar refractivity (Wildman–Crippen MR) is 67.5 cm³/mol. The molecule has 0 radical (unpaired) electrons. The van der Waals surface area contributed by atoms with Gasteiger partial charge in [-0.25, -0.2) is 4.98 Å². The SMILES string of the molecule is N#CC(C(=O)Nc1ccc([N+](=O)[O-])cn1)=C(O)C1CC1. The van der Waals surface area contributed by atoms with Gasteiger partial charge in [0.1, 0.15) is 23.8 Å². The summed E-state index contributed by atoms with van der Waals surface area (Å²) < 4.78 is 0. The predicted octanol–water partition coefficient (Wildman–Crippen LogP) is 1.67. The number of aromatic nitrogens is 1. The van der Waals surface area contributed by atoms with Gasteiger partial charge in [-0.15, -0.1) is 0 Å². The van der Waals surface area contributed by atoms with Crippen molar-refractivity contribution in [1.29, 1.82) is 5.26 Å². The Morgan fingerprint density at radius 2 is 2.25 bits per heavy atom. The summed E-state index contributed by atoms with van der Waals surface area (Å²) >= 11 is 0. The lowest BCUT2D eigenvalue weighted by molar-refractivity contribution is -0.385. The maximum Gasteiger partial charge on any atom is 0.287 e. The molecule has 102 valence electrons. The van der Waals surface area contributed by atoms with Gasteiger partial charge in [0.05, 0.1) is 4.92 Å². The largest absolute Gasteiger partial charge is 0.510 e. The first kappa shape index (κ1) is 13.5. The van der Waals surface area contributed by atoms with Crippen LogP contribution in [0.2, 0.25) is 0 Å². The molecule has 0 atom stereocenters. The Kier molecular flexibility index (Phi) is 3.61. The number of allylic oxidation sites excluding steroid dienone is 1. The first-order valence-corrected chi connectivity index (χ1v) is 5.78. The first-order valence-electron chi connectivity index (χ1n) is 5.78. The van der Waals surface area contributed by atoms with E-state index in [2.05, 4.69) is 10.3 Å². The molecule has 8 nitrogen and oxygen atoms in total. The highest BCUT2D eigenvalue weighted by molar-refractivity contribution is 6.06. The van der Waals surface area contributed by atoms with E-state index >= 15 is 0 Å². The summed E-state index contributed by atoms with van der Waals surface area (Å²) in [5.41, 5.74) is -0.562. The van der Waals surface area contributed by atoms with Gasteiger partial charge in [0.15, 0.2) is 5.57 Å². The third-order valence-electron chi connectivity index (χ3n) is 2.76. The molecule has 1 amide bonds. The Hall–Kier alpha value is -2.95. The van der Waals surface area contributed by atoms with Crippen LogP contribution in [0.4, 0.5) is 11.5 Å². The van der Waals surface area contributed by atoms with Crippen molar-refractivity contribution in [3.63, 3.8) is 0 Å². The number of amides is 1. The highest BCUT2D eigenvalue weighted by Crippen LogP contribution is 2.36. The van der Waals surface area contributed by atoms with E-state index in [9.17, 15) is 20.0 Å². The number of aliphatic hydroxyl groups excluding tert-OH is 1. The minimum atomic E-state index is -0.779. The number of nitro groups is 1. The van der Waals surface area contributed by atoms with Gasteiger partial charge >= 0.3 is 0 Å². The number of carbonyl (C=O) groups is 1. The Labute approximate surface area is 113 Å². The molecule has 1 saturated carbocycles. The molecule has 1 aliphatic rings. The molecule has 0 bridgehead atoms. The maximum absolute atomic E-state index is 11.8. The molecule has 0 saturated heterocycles. The van der Waals surface area contributed by atoms with Gasteiger partial charge in [-0.3, -0.25) is 14.9 Å². The molecule has 1 aromatic rings. The molecule has 20 heavy (non-hydrogen) atoms. The fraction of sp³-hybridized carbons (Fsp3) is 0.250. The quantitative estimate of drug-likeness (QED) is 0.282. The topological polar surface area (TPSA) is 129 Å². The first-order chi connectivity index (χ1) is 9.52. The fourth-order valence-corrected chi connectivity index (χ4v) is 1.53. The van der Waals surface area contributed by atoms with E-state index in [-0.39, 0.29) is 28.8 Å². The molecule has 8 heteroatoms. The molecule has 2 rings (SSSR count). The Bertz CT molecular complexity index is 626. The molecule has 0 unspecified atom stereocenters. The van der Waals surface area contributed by atoms with E-state index in [1.807, 2.05) is 0 Å². The zero-order chi connectivity index (χ0) is 14.7. The van der Waals surface area contributed by atoms with E-state index in [1.165, 1.54) is 12.1 Å². The number of rotatable bonds is 4. The van der Waals surface area contributed by atoms with Crippen LogP contribution in [0.3, 0.4) is 0 Å². The second kappa shape index (κ2) is 5.36. The van der Waals surface area contributed by atoms with Crippen LogP contribution in [0.1, 0.15) is 12.8 Å². The van der Waals surface area contributed by atoms with Crippen LogP contribution in [0.15, 0.2) is 29.7 Å². The highest BCUT2D eigenvalue weighted by Gasteiger charge is 2.31. The molecular formula is C12H10N4O4. The monoisotopic (exact) mass is 274 g/mol. The number of nitriles is 1. The van der Waals surface area contributed by atoms with Gasteiger partial charge in [-0.05, 0) is 18.9 Å². The molecule has 0 spiro atoms. The number of pyridine rings is 1. The molecule has 1 aromatic heterocycles. The van der Waals surface area contributed by atoms with Crippen molar-refractivity contribution >= 4 is 17.4 Å². The molecule has 2 N–H and O–H groups in total. The normalized spacial score (nSPS) is 14.9. The third kappa shape index (κ3) is 2.89. The van der Waals surface area contributed by atoms with Crippen LogP contribution in [0, 0.1) is 27.4 Å². The number of nitrogens with zero attached hydrogens (tertiary/aromatic N) is 3. The summed E-state index contributed by atoms with van der Waals surface area (Å²) in [5, 5.41) is 31.4. The van der Waals surface area contributed by atoms with Crippen LogP contribution < -0.4 is 5.32 Å². The van der Waals surface area contributed by atoms with Crippen molar-refractivity contribution in [2.45, 2.75) is 12.8 Å². The minimum absolute atomic E-state index is 0.0666. The summed E-state index contributed by atoms with van der Waals surface area (Å²) in [4.78, 5) is 25.3. The maximum atomic E-state index is 11.8. The van der Waals surface area contributed by atoms with Gasteiger partial charge < -0.3 is 10.4 Å². The van der Waals surface area contributed by atoms with Gasteiger partial charge in [0.2, 0.25) is 0 Å². The van der Waals surface area contributed by atoms with Gasteiger partial charge in [-0.2, -0.15) is 5.26 Å². The van der Waals surface area contributed by atoms with Crippen molar-refractivity contribution < 1.29 is 14.8 Å². The summed E-state index contributed by atoms with van der Waals surface area (Å²) in [7, 11) is 0. The summed E-state index contributed by atoms with van der Waals surface area (Å²) in [6.45, 7) is 0. The smallest absolute Gasteiger partial charge is 0.287 e. The second-order valence-electron chi connectivity index (χ2n) is 4.26. The molecule has 0 aliphatic heterocycles. The van der Waals surface area contributed by atoms with Crippen LogP contribution in [-0.4, -0.2) is 20.9 Å². The fourth-order valence-electron chi connectivity index (χ4n) is 1.53. The van der Waals surface area contributed by atoms with Crippen molar-refractivity contribution in [1.82, 2.24) is 4.98 Å².